The Morgan fingerprint density at radius 3 is 0.628 bits per heavy atom. The van der Waals surface area contributed by atoms with Crippen molar-refractivity contribution in [2.75, 3.05) is 19.6 Å². The summed E-state index contributed by atoms with van der Waals surface area (Å²) in [5.41, 5.74) is 26.9. The molecular formula is C132H88N12O4. The standard InChI is InChI=1S/2C66H44N6O2/c1-6-23-45(24-7-1)63-67-69-65(73-63)56-37-20-18-35-54(56)60-52-33-16-17-34-53(52)61(55-36-19-21-38-57(55)66-70-68-64(74-66)46-25-8-2-9-26-46)62-58(60)39-22-40-59(62)72(49-31-14-5-15-32-49)51-43-41-50(42-44-51)71(47-27-10-3-11-28-47)48-29-12-4-13-30-48;1-6-22-45(23-7-1)63-67-69-65(73-63)58-36-20-18-34-55(58)61-53-32-16-17-33-54(53)62(56-35-19-21-37-59(56)66-70-68-64(74-66)46-24-8-2-9-25-46)60-44-52(42-43-57(60)61)72(49-30-14-5-15-31-49)51-40-38-50(39-41-51)71(47-26-10-3-11-27-47)48-28-12-4-13-29-48/h2*1-44H. The fourth-order valence-corrected chi connectivity index (χ4v) is 20.3. The van der Waals surface area contributed by atoms with Crippen LogP contribution in [-0.2, 0) is 0 Å². The number of aromatic nitrogens is 8. The van der Waals surface area contributed by atoms with Gasteiger partial charge in [-0.15, -0.1) is 40.8 Å². The first kappa shape index (κ1) is 89.0. The molecule has 0 radical (unpaired) electrons. The van der Waals surface area contributed by atoms with Crippen LogP contribution in [0.25, 0.3) is 179 Å². The molecule has 0 atom stereocenters. The lowest BCUT2D eigenvalue weighted by Crippen LogP contribution is -2.12. The number of benzene rings is 22. The fraction of sp³-hybridized carbons (Fsp3) is 0. The van der Waals surface area contributed by atoms with Crippen LogP contribution in [-0.4, -0.2) is 40.8 Å². The van der Waals surface area contributed by atoms with E-state index in [-0.39, 0.29) is 0 Å². The van der Waals surface area contributed by atoms with E-state index in [9.17, 15) is 0 Å². The van der Waals surface area contributed by atoms with Crippen molar-refractivity contribution in [3.8, 4) is 136 Å². The van der Waals surface area contributed by atoms with Crippen LogP contribution < -0.4 is 19.6 Å². The van der Waals surface area contributed by atoms with Crippen molar-refractivity contribution in [3.05, 3.63) is 534 Å². The van der Waals surface area contributed by atoms with Crippen molar-refractivity contribution >= 4 is 111 Å². The first-order chi connectivity index (χ1) is 73.5. The zero-order valence-corrected chi connectivity index (χ0v) is 79.8. The van der Waals surface area contributed by atoms with Crippen molar-refractivity contribution in [2.24, 2.45) is 0 Å². The van der Waals surface area contributed by atoms with Crippen molar-refractivity contribution in [1.29, 1.82) is 0 Å². The van der Waals surface area contributed by atoms with Gasteiger partial charge >= 0.3 is 0 Å². The van der Waals surface area contributed by atoms with Gasteiger partial charge in [0, 0.05) is 118 Å². The highest BCUT2D eigenvalue weighted by Crippen LogP contribution is 2.56. The Morgan fingerprint density at radius 2 is 0.324 bits per heavy atom. The predicted molar refractivity (Wildman–Crippen MR) is 598 cm³/mol. The minimum Gasteiger partial charge on any atom is -0.416 e. The molecule has 16 nitrogen and oxygen atoms in total. The van der Waals surface area contributed by atoms with E-state index in [0.29, 0.717) is 47.1 Å². The number of hydrogen-bond acceptors (Lipinski definition) is 16. The highest BCUT2D eigenvalue weighted by Gasteiger charge is 2.32. The maximum atomic E-state index is 6.58. The highest BCUT2D eigenvalue weighted by atomic mass is 16.4. The second-order valence-corrected chi connectivity index (χ2v) is 35.7. The van der Waals surface area contributed by atoms with E-state index in [1.165, 1.54) is 0 Å². The number of para-hydroxylation sites is 6. The van der Waals surface area contributed by atoms with Gasteiger partial charge in [0.05, 0.1) is 5.69 Å². The van der Waals surface area contributed by atoms with Crippen LogP contribution in [0.2, 0.25) is 0 Å². The monoisotopic (exact) mass is 1900 g/mol. The summed E-state index contributed by atoms with van der Waals surface area (Å²) in [6, 6.07) is 184. The van der Waals surface area contributed by atoms with Crippen LogP contribution in [0.15, 0.2) is 552 Å². The molecule has 4 aromatic heterocycles. The molecule has 0 saturated carbocycles. The highest BCUT2D eigenvalue weighted by molar-refractivity contribution is 6.28. The predicted octanol–water partition coefficient (Wildman–Crippen LogP) is 35.4. The number of fused-ring (bicyclic) bond motifs is 4. The van der Waals surface area contributed by atoms with Crippen LogP contribution >= 0.6 is 0 Å². The van der Waals surface area contributed by atoms with E-state index < -0.39 is 0 Å². The molecule has 0 aliphatic rings. The summed E-state index contributed by atoms with van der Waals surface area (Å²) >= 11 is 0. The number of rotatable bonds is 24. The Labute approximate surface area is 853 Å². The zero-order valence-electron chi connectivity index (χ0n) is 79.8. The quantitative estimate of drug-likeness (QED) is 0.0523. The van der Waals surface area contributed by atoms with Gasteiger partial charge in [0.2, 0.25) is 47.1 Å². The summed E-state index contributed by atoms with van der Waals surface area (Å²) < 4.78 is 26.2. The van der Waals surface area contributed by atoms with Crippen molar-refractivity contribution in [1.82, 2.24) is 40.8 Å². The lowest BCUT2D eigenvalue weighted by molar-refractivity contribution is 0.584. The molecule has 0 saturated heterocycles. The van der Waals surface area contributed by atoms with Gasteiger partial charge in [0.25, 0.3) is 0 Å². The first-order valence-electron chi connectivity index (χ1n) is 49.1. The second kappa shape index (κ2) is 40.0. The lowest BCUT2D eigenvalue weighted by atomic mass is 9.83. The third kappa shape index (κ3) is 17.2. The number of anilines is 12. The average molecular weight is 1910 g/mol. The molecule has 4 heterocycles. The third-order valence-corrected chi connectivity index (χ3v) is 26.8. The summed E-state index contributed by atoms with van der Waals surface area (Å²) in [7, 11) is 0. The van der Waals surface area contributed by atoms with Gasteiger partial charge < -0.3 is 37.3 Å². The van der Waals surface area contributed by atoms with Crippen molar-refractivity contribution in [2.45, 2.75) is 0 Å². The molecular weight excluding hydrogens is 1820 g/mol. The molecule has 0 aliphatic heterocycles. The molecule has 26 rings (SSSR count). The molecule has 22 aromatic carbocycles. The van der Waals surface area contributed by atoms with Gasteiger partial charge in [0.15, 0.2) is 0 Å². The van der Waals surface area contributed by atoms with Gasteiger partial charge in [-0.2, -0.15) is 0 Å². The fourth-order valence-electron chi connectivity index (χ4n) is 20.3. The summed E-state index contributed by atoms with van der Waals surface area (Å²) in [6.07, 6.45) is 0. The minimum atomic E-state index is 0.422. The molecule has 16 heteroatoms. The van der Waals surface area contributed by atoms with E-state index in [1.807, 2.05) is 158 Å². The molecule has 0 amide bonds. The summed E-state index contributed by atoms with van der Waals surface area (Å²) in [4.78, 5) is 9.25. The molecule has 700 valence electrons. The van der Waals surface area contributed by atoms with Crippen molar-refractivity contribution < 1.29 is 17.7 Å². The Bertz CT molecular complexity index is 8990. The SMILES string of the molecule is c1ccc(-c2nnc(-c3ccccc3-c3c4ccccc4c(-c4ccccc4-c4nnc(-c5ccccc5)o4)c4c(N(c5ccccc5)c5ccc(N(c6ccccc6)c6ccccc6)cc5)cccc34)o2)cc1.c1ccc(-c2nnc(-c3ccccc3-c3c4ccccc4c(-c4ccccc4-c4nnc(-c5ccccc5)o4)c4cc(N(c5ccccc5)c5ccc(N(c6ccccc6)c6ccccc6)cc5)ccc34)o2)cc1. The minimum absolute atomic E-state index is 0.422. The average Bonchev–Trinajstić information content (AvgIpc) is 0.764. The maximum absolute atomic E-state index is 6.58. The van der Waals surface area contributed by atoms with E-state index in [4.69, 9.17) is 22.8 Å². The van der Waals surface area contributed by atoms with Gasteiger partial charge in [-0.05, 0) is 289 Å². The van der Waals surface area contributed by atoms with Crippen LogP contribution in [0.3, 0.4) is 0 Å². The van der Waals surface area contributed by atoms with Gasteiger partial charge in [-0.3, -0.25) is 0 Å². The van der Waals surface area contributed by atoms with Gasteiger partial charge in [0.1, 0.15) is 0 Å². The van der Waals surface area contributed by atoms with Gasteiger partial charge in [-0.1, -0.05) is 322 Å². The first-order valence-corrected chi connectivity index (χ1v) is 49.1. The Kier molecular flexibility index (Phi) is 24.0. The normalized spacial score (nSPS) is 11.2. The van der Waals surface area contributed by atoms with E-state index in [2.05, 4.69) is 431 Å². The Balaban J connectivity index is 0.000000154. The second-order valence-electron chi connectivity index (χ2n) is 35.7. The molecule has 0 fully saturated rings. The third-order valence-electron chi connectivity index (χ3n) is 26.8. The van der Waals surface area contributed by atoms with E-state index >= 15 is 0 Å². The van der Waals surface area contributed by atoms with Crippen LogP contribution in [0.4, 0.5) is 68.2 Å². The van der Waals surface area contributed by atoms with Crippen LogP contribution in [0.5, 0.6) is 0 Å². The summed E-state index contributed by atoms with van der Waals surface area (Å²) in [5, 5.41) is 45.2. The smallest absolute Gasteiger partial charge is 0.248 e. The Morgan fingerprint density at radius 1 is 0.128 bits per heavy atom. The Hall–Kier alpha value is -20.4. The van der Waals surface area contributed by atoms with E-state index in [1.54, 1.807) is 0 Å². The molecule has 0 unspecified atom stereocenters. The van der Waals surface area contributed by atoms with Gasteiger partial charge in [-0.25, -0.2) is 0 Å². The van der Waals surface area contributed by atoms with Crippen LogP contribution in [0.1, 0.15) is 0 Å². The molecule has 0 aliphatic carbocycles. The molecule has 26 aromatic rings. The summed E-state index contributed by atoms with van der Waals surface area (Å²) in [5.74, 6) is 3.53. The lowest BCUT2D eigenvalue weighted by Gasteiger charge is -2.30. The number of hydrogen-bond donors (Lipinski definition) is 0. The van der Waals surface area contributed by atoms with Crippen molar-refractivity contribution in [3.63, 3.8) is 0 Å². The summed E-state index contributed by atoms with van der Waals surface area (Å²) in [6.45, 7) is 0. The van der Waals surface area contributed by atoms with Crippen LogP contribution in [0, 0.1) is 0 Å². The largest absolute Gasteiger partial charge is 0.416 e. The molecule has 0 spiro atoms. The molecule has 0 bridgehead atoms. The topological polar surface area (TPSA) is 169 Å². The zero-order chi connectivity index (χ0) is 98.4. The molecule has 148 heavy (non-hydrogen) atoms. The number of nitrogens with zero attached hydrogens (tertiary/aromatic N) is 12. The maximum Gasteiger partial charge on any atom is 0.248 e. The molecule has 0 N–H and O–H groups in total. The van der Waals surface area contributed by atoms with E-state index in [0.717, 1.165) is 200 Å².